The first kappa shape index (κ1) is 16.2. The molecule has 3 aliphatic heterocycles. The van der Waals surface area contributed by atoms with E-state index < -0.39 is 0 Å². The number of hydrogen-bond acceptors (Lipinski definition) is 4. The van der Waals surface area contributed by atoms with Crippen LogP contribution in [-0.4, -0.2) is 31.7 Å². The topological polar surface area (TPSA) is 59.1 Å². The van der Waals surface area contributed by atoms with Gasteiger partial charge in [-0.3, -0.25) is 9.59 Å². The lowest BCUT2D eigenvalue weighted by atomic mass is 9.99. The number of rotatable bonds is 2. The van der Waals surface area contributed by atoms with Gasteiger partial charge in [-0.05, 0) is 36.6 Å². The van der Waals surface area contributed by atoms with Crippen molar-refractivity contribution in [2.24, 2.45) is 5.92 Å². The van der Waals surface area contributed by atoms with E-state index in [1.807, 2.05) is 35.2 Å². The van der Waals surface area contributed by atoms with Gasteiger partial charge in [0.25, 0.3) is 0 Å². The Labute approximate surface area is 157 Å². The first-order valence-electron chi connectivity index (χ1n) is 9.30. The Hall–Kier alpha value is -3.02. The van der Waals surface area contributed by atoms with Crippen molar-refractivity contribution in [3.05, 3.63) is 48.0 Å². The number of carbonyl (C=O) groups is 2. The van der Waals surface area contributed by atoms with Crippen molar-refractivity contribution in [1.29, 1.82) is 0 Å². The summed E-state index contributed by atoms with van der Waals surface area (Å²) in [6.07, 6.45) is 2.19. The van der Waals surface area contributed by atoms with Gasteiger partial charge in [0.1, 0.15) is 0 Å². The molecule has 1 saturated heterocycles. The summed E-state index contributed by atoms with van der Waals surface area (Å²) in [5, 5.41) is 0. The SMILES string of the molecule is O=C1CC(C(=O)N2CCCc3ccccc32)CN1c1ccc2c(c1)OCO2. The van der Waals surface area contributed by atoms with Crippen LogP contribution in [0.25, 0.3) is 0 Å². The zero-order chi connectivity index (χ0) is 18.4. The zero-order valence-electron chi connectivity index (χ0n) is 14.9. The highest BCUT2D eigenvalue weighted by Crippen LogP contribution is 2.38. The summed E-state index contributed by atoms with van der Waals surface area (Å²) < 4.78 is 10.7. The third kappa shape index (κ3) is 2.72. The molecule has 0 spiro atoms. The monoisotopic (exact) mass is 364 g/mol. The number of aryl methyl sites for hydroxylation is 1. The van der Waals surface area contributed by atoms with Gasteiger partial charge in [-0.1, -0.05) is 18.2 Å². The predicted molar refractivity (Wildman–Crippen MR) is 100 cm³/mol. The third-order valence-electron chi connectivity index (χ3n) is 5.52. The summed E-state index contributed by atoms with van der Waals surface area (Å²) in [6, 6.07) is 13.5. The second kappa shape index (κ2) is 6.30. The number of para-hydroxylation sites is 1. The number of carbonyl (C=O) groups excluding carboxylic acids is 2. The Morgan fingerprint density at radius 1 is 1.07 bits per heavy atom. The molecule has 3 heterocycles. The molecule has 1 unspecified atom stereocenters. The van der Waals surface area contributed by atoms with Gasteiger partial charge in [-0.2, -0.15) is 0 Å². The highest BCUT2D eigenvalue weighted by atomic mass is 16.7. The normalized spacial score (nSPS) is 20.7. The van der Waals surface area contributed by atoms with Crippen LogP contribution in [0.3, 0.4) is 0 Å². The Kier molecular flexibility index (Phi) is 3.77. The van der Waals surface area contributed by atoms with E-state index in [9.17, 15) is 9.59 Å². The van der Waals surface area contributed by atoms with Crippen LogP contribution in [0.5, 0.6) is 11.5 Å². The molecule has 2 aromatic rings. The van der Waals surface area contributed by atoms with Crippen LogP contribution in [0, 0.1) is 5.92 Å². The maximum absolute atomic E-state index is 13.2. The second-order valence-corrected chi connectivity index (χ2v) is 7.17. The number of ether oxygens (including phenoxy) is 2. The summed E-state index contributed by atoms with van der Waals surface area (Å²) in [4.78, 5) is 29.3. The van der Waals surface area contributed by atoms with E-state index in [1.54, 1.807) is 11.0 Å². The molecule has 138 valence electrons. The zero-order valence-corrected chi connectivity index (χ0v) is 14.9. The number of anilines is 2. The van der Waals surface area contributed by atoms with Crippen molar-refractivity contribution in [3.8, 4) is 11.5 Å². The van der Waals surface area contributed by atoms with E-state index in [0.717, 1.165) is 24.2 Å². The Balaban J connectivity index is 1.37. The third-order valence-corrected chi connectivity index (χ3v) is 5.52. The van der Waals surface area contributed by atoms with Crippen molar-refractivity contribution in [2.45, 2.75) is 19.3 Å². The highest BCUT2D eigenvalue weighted by Gasteiger charge is 2.38. The van der Waals surface area contributed by atoms with Crippen molar-refractivity contribution < 1.29 is 19.1 Å². The molecule has 0 bridgehead atoms. The van der Waals surface area contributed by atoms with Gasteiger partial charge >= 0.3 is 0 Å². The summed E-state index contributed by atoms with van der Waals surface area (Å²) in [5.41, 5.74) is 2.94. The van der Waals surface area contributed by atoms with Crippen molar-refractivity contribution >= 4 is 23.2 Å². The van der Waals surface area contributed by atoms with E-state index in [0.29, 0.717) is 24.6 Å². The molecule has 5 rings (SSSR count). The largest absolute Gasteiger partial charge is 0.454 e. The smallest absolute Gasteiger partial charge is 0.232 e. The van der Waals surface area contributed by atoms with Crippen molar-refractivity contribution in [2.75, 3.05) is 29.7 Å². The summed E-state index contributed by atoms with van der Waals surface area (Å²) >= 11 is 0. The molecule has 0 radical (unpaired) electrons. The van der Waals surface area contributed by atoms with Crippen LogP contribution in [0.15, 0.2) is 42.5 Å². The molecule has 2 aromatic carbocycles. The van der Waals surface area contributed by atoms with Crippen LogP contribution in [0.2, 0.25) is 0 Å². The summed E-state index contributed by atoms with van der Waals surface area (Å²) in [7, 11) is 0. The molecular weight excluding hydrogens is 344 g/mol. The molecule has 1 fully saturated rings. The molecule has 3 aliphatic rings. The number of fused-ring (bicyclic) bond motifs is 2. The van der Waals surface area contributed by atoms with Crippen molar-refractivity contribution in [1.82, 2.24) is 0 Å². The van der Waals surface area contributed by atoms with Crippen LogP contribution in [0.1, 0.15) is 18.4 Å². The minimum atomic E-state index is -0.325. The average Bonchev–Trinajstić information content (AvgIpc) is 3.32. The predicted octanol–water partition coefficient (Wildman–Crippen LogP) is 2.75. The molecule has 0 aliphatic carbocycles. The fourth-order valence-corrected chi connectivity index (χ4v) is 4.16. The molecule has 6 nitrogen and oxygen atoms in total. The lowest BCUT2D eigenvalue weighted by Crippen LogP contribution is -2.40. The number of amides is 2. The molecular formula is C21H20N2O4. The molecule has 0 aromatic heterocycles. The Bertz CT molecular complexity index is 926. The fraction of sp³-hybridized carbons (Fsp3) is 0.333. The summed E-state index contributed by atoms with van der Waals surface area (Å²) in [6.45, 7) is 1.31. The fourth-order valence-electron chi connectivity index (χ4n) is 4.16. The van der Waals surface area contributed by atoms with E-state index in [-0.39, 0.29) is 30.9 Å². The molecule has 0 N–H and O–H groups in total. The molecule has 2 amide bonds. The number of benzene rings is 2. The van der Waals surface area contributed by atoms with E-state index >= 15 is 0 Å². The van der Waals surface area contributed by atoms with Gasteiger partial charge in [-0.25, -0.2) is 0 Å². The average molecular weight is 364 g/mol. The van der Waals surface area contributed by atoms with Gasteiger partial charge in [0.05, 0.1) is 5.92 Å². The standard InChI is InChI=1S/C21H20N2O4/c24-20-10-15(12-23(20)16-7-8-18-19(11-16)27-13-26-18)21(25)22-9-3-5-14-4-1-2-6-17(14)22/h1-2,4,6-8,11,15H,3,5,9-10,12-13H2. The molecule has 0 saturated carbocycles. The Morgan fingerprint density at radius 3 is 2.85 bits per heavy atom. The first-order valence-corrected chi connectivity index (χ1v) is 9.30. The molecule has 27 heavy (non-hydrogen) atoms. The highest BCUT2D eigenvalue weighted by molar-refractivity contribution is 6.05. The summed E-state index contributed by atoms with van der Waals surface area (Å²) in [5.74, 6) is 1.01. The van der Waals surface area contributed by atoms with Crippen LogP contribution < -0.4 is 19.3 Å². The van der Waals surface area contributed by atoms with Crippen molar-refractivity contribution in [3.63, 3.8) is 0 Å². The minimum absolute atomic E-state index is 0.0301. The maximum atomic E-state index is 13.2. The van der Waals surface area contributed by atoms with Gasteiger partial charge in [-0.15, -0.1) is 0 Å². The quantitative estimate of drug-likeness (QED) is 0.822. The van der Waals surface area contributed by atoms with E-state index in [1.165, 1.54) is 5.56 Å². The molecule has 1 atom stereocenters. The van der Waals surface area contributed by atoms with E-state index in [2.05, 4.69) is 6.07 Å². The lowest BCUT2D eigenvalue weighted by molar-refractivity contribution is -0.124. The number of nitrogens with zero attached hydrogens (tertiary/aromatic N) is 2. The van der Waals surface area contributed by atoms with Crippen LogP contribution >= 0.6 is 0 Å². The van der Waals surface area contributed by atoms with Gasteiger partial charge in [0, 0.05) is 37.0 Å². The second-order valence-electron chi connectivity index (χ2n) is 7.17. The minimum Gasteiger partial charge on any atom is -0.454 e. The van der Waals surface area contributed by atoms with Gasteiger partial charge in [0.15, 0.2) is 11.5 Å². The lowest BCUT2D eigenvalue weighted by Gasteiger charge is -2.31. The number of hydrogen-bond donors (Lipinski definition) is 0. The molecule has 6 heteroatoms. The Morgan fingerprint density at radius 2 is 1.93 bits per heavy atom. The van der Waals surface area contributed by atoms with Crippen LogP contribution in [-0.2, 0) is 16.0 Å². The van der Waals surface area contributed by atoms with Crippen LogP contribution in [0.4, 0.5) is 11.4 Å². The van der Waals surface area contributed by atoms with E-state index in [4.69, 9.17) is 9.47 Å². The van der Waals surface area contributed by atoms with Gasteiger partial charge < -0.3 is 19.3 Å². The maximum Gasteiger partial charge on any atom is 0.232 e. The first-order chi connectivity index (χ1) is 13.2. The van der Waals surface area contributed by atoms with Gasteiger partial charge in [0.2, 0.25) is 18.6 Å².